The lowest BCUT2D eigenvalue weighted by atomic mass is 9.99. The molecule has 2 saturated heterocycles. The number of pyridine rings is 1. The molecule has 46 heavy (non-hydrogen) atoms. The topological polar surface area (TPSA) is 105 Å². The lowest BCUT2D eigenvalue weighted by Crippen LogP contribution is -2.50. The molecule has 2 aliphatic rings. The second-order valence-corrected chi connectivity index (χ2v) is 12.8. The van der Waals surface area contributed by atoms with Crippen LogP contribution in [0, 0.1) is 11.6 Å². The van der Waals surface area contributed by atoms with Crippen LogP contribution in [0.25, 0.3) is 50.2 Å². The summed E-state index contributed by atoms with van der Waals surface area (Å²) >= 11 is 0. The molecule has 0 saturated carbocycles. The van der Waals surface area contributed by atoms with Gasteiger partial charge >= 0.3 is 6.09 Å². The van der Waals surface area contributed by atoms with Crippen molar-refractivity contribution in [3.05, 3.63) is 85.0 Å². The van der Waals surface area contributed by atoms with Gasteiger partial charge in [-0.25, -0.2) is 23.1 Å². The smallest absolute Gasteiger partial charge is 0.410 e. The number of carbonyl (C=O) groups is 1. The van der Waals surface area contributed by atoms with E-state index >= 15 is 8.78 Å². The number of ether oxygens (including phenoxy) is 1. The summed E-state index contributed by atoms with van der Waals surface area (Å²) in [6.45, 7) is 6.41. The minimum Gasteiger partial charge on any atom is -0.444 e. The van der Waals surface area contributed by atoms with Gasteiger partial charge in [-0.15, -0.1) is 0 Å². The molecule has 8 rings (SSSR count). The molecule has 6 aromatic rings. The zero-order valence-electron chi connectivity index (χ0n) is 25.4. The van der Waals surface area contributed by atoms with E-state index in [4.69, 9.17) is 9.84 Å². The van der Waals surface area contributed by atoms with E-state index in [9.17, 15) is 4.79 Å². The average molecular weight is 621 g/mol. The van der Waals surface area contributed by atoms with E-state index in [1.54, 1.807) is 35.8 Å². The Hall–Kier alpha value is -5.39. The molecule has 2 bridgehead atoms. The first-order chi connectivity index (χ1) is 22.2. The van der Waals surface area contributed by atoms with Gasteiger partial charge in [-0.05, 0) is 69.2 Å². The normalized spacial score (nSPS) is 17.8. The quantitative estimate of drug-likeness (QED) is 0.241. The molecule has 0 spiro atoms. The second-order valence-electron chi connectivity index (χ2n) is 12.8. The third-order valence-corrected chi connectivity index (χ3v) is 8.71. The van der Waals surface area contributed by atoms with Crippen molar-refractivity contribution in [2.75, 3.05) is 18.0 Å². The number of piperazine rings is 1. The molecule has 6 heterocycles. The molecule has 12 heteroatoms. The average Bonchev–Trinajstić information content (AvgIpc) is 3.83. The number of benzene rings is 2. The first-order valence-corrected chi connectivity index (χ1v) is 15.1. The highest BCUT2D eigenvalue weighted by Gasteiger charge is 2.47. The van der Waals surface area contributed by atoms with Gasteiger partial charge in [0, 0.05) is 54.4 Å². The largest absolute Gasteiger partial charge is 0.444 e. The molecule has 0 aliphatic carbocycles. The molecule has 0 radical (unpaired) electrons. The van der Waals surface area contributed by atoms with Gasteiger partial charge in [0.25, 0.3) is 0 Å². The fourth-order valence-corrected chi connectivity index (χ4v) is 6.78. The number of hydrogen-bond donors (Lipinski definition) is 1. The number of nitrogens with one attached hydrogen (secondary N) is 1. The molecule has 2 unspecified atom stereocenters. The maximum atomic E-state index is 16.1. The van der Waals surface area contributed by atoms with Gasteiger partial charge in [0.2, 0.25) is 0 Å². The Morgan fingerprint density at radius 2 is 1.76 bits per heavy atom. The summed E-state index contributed by atoms with van der Waals surface area (Å²) in [7, 11) is 0. The lowest BCUT2D eigenvalue weighted by molar-refractivity contribution is 0.0214. The monoisotopic (exact) mass is 620 g/mol. The van der Waals surface area contributed by atoms with Gasteiger partial charge in [0.15, 0.2) is 5.65 Å². The fraction of sp³-hybridized carbons (Fsp3) is 0.265. The first-order valence-electron chi connectivity index (χ1n) is 15.1. The van der Waals surface area contributed by atoms with E-state index in [2.05, 4.69) is 20.2 Å². The highest BCUT2D eigenvalue weighted by molar-refractivity contribution is 6.03. The van der Waals surface area contributed by atoms with Crippen molar-refractivity contribution >= 4 is 28.3 Å². The Balaban J connectivity index is 1.20. The Morgan fingerprint density at radius 1 is 0.978 bits per heavy atom. The van der Waals surface area contributed by atoms with Crippen LogP contribution in [0.1, 0.15) is 27.2 Å². The zero-order chi connectivity index (χ0) is 31.7. The van der Waals surface area contributed by atoms with Crippen molar-refractivity contribution in [3.63, 3.8) is 0 Å². The van der Waals surface area contributed by atoms with Crippen LogP contribution in [0.2, 0.25) is 0 Å². The van der Waals surface area contributed by atoms with Gasteiger partial charge in [0.05, 0.1) is 34.6 Å². The molecule has 232 valence electrons. The van der Waals surface area contributed by atoms with Crippen LogP contribution in [0.5, 0.6) is 0 Å². The molecule has 4 aromatic heterocycles. The van der Waals surface area contributed by atoms with E-state index in [-0.39, 0.29) is 29.4 Å². The van der Waals surface area contributed by atoms with Crippen molar-refractivity contribution in [3.8, 4) is 33.6 Å². The van der Waals surface area contributed by atoms with Gasteiger partial charge in [-0.1, -0.05) is 12.1 Å². The number of rotatable bonds is 4. The van der Waals surface area contributed by atoms with Crippen molar-refractivity contribution < 1.29 is 18.3 Å². The van der Waals surface area contributed by atoms with Crippen LogP contribution in [0.4, 0.5) is 19.3 Å². The molecule has 2 aliphatic heterocycles. The van der Waals surface area contributed by atoms with Gasteiger partial charge < -0.3 is 14.5 Å². The van der Waals surface area contributed by atoms with E-state index in [0.717, 1.165) is 22.0 Å². The fourth-order valence-electron chi connectivity index (χ4n) is 6.78. The highest BCUT2D eigenvalue weighted by atomic mass is 19.1. The molecular formula is C34H30F2N8O2. The first kappa shape index (κ1) is 28.1. The van der Waals surface area contributed by atoms with Crippen LogP contribution in [0.3, 0.4) is 0 Å². The van der Waals surface area contributed by atoms with E-state index in [0.29, 0.717) is 42.1 Å². The number of carbonyl (C=O) groups excluding carboxylic acids is 1. The van der Waals surface area contributed by atoms with Crippen molar-refractivity contribution in [2.45, 2.75) is 44.9 Å². The Kier molecular flexibility index (Phi) is 6.31. The molecule has 2 fully saturated rings. The van der Waals surface area contributed by atoms with Crippen LogP contribution in [0.15, 0.2) is 73.3 Å². The SMILES string of the molecule is CC(C)(C)OC(=O)N1CC2CC1CN2c1cc(F)c(-c2ccnc3c(-c4cccc5[nH]ncc45)c(-c4ccncc4)nn23)c(F)c1. The predicted molar refractivity (Wildman–Crippen MR) is 169 cm³/mol. The van der Waals surface area contributed by atoms with Gasteiger partial charge in [-0.2, -0.15) is 10.2 Å². The predicted octanol–water partition coefficient (Wildman–Crippen LogP) is 6.48. The Morgan fingerprint density at radius 3 is 2.48 bits per heavy atom. The minimum atomic E-state index is -0.714. The number of aromatic amines is 1. The van der Waals surface area contributed by atoms with E-state index in [1.807, 2.05) is 56.0 Å². The maximum Gasteiger partial charge on any atom is 0.410 e. The summed E-state index contributed by atoms with van der Waals surface area (Å²) in [5.41, 5.74) is 4.06. The third-order valence-electron chi connectivity index (χ3n) is 8.71. The second kappa shape index (κ2) is 10.3. The van der Waals surface area contributed by atoms with Gasteiger partial charge in [-0.3, -0.25) is 10.1 Å². The van der Waals surface area contributed by atoms with Crippen LogP contribution in [-0.4, -0.2) is 71.5 Å². The summed E-state index contributed by atoms with van der Waals surface area (Å²) in [6.07, 6.45) is 6.98. The van der Waals surface area contributed by atoms with Crippen LogP contribution >= 0.6 is 0 Å². The number of anilines is 1. The van der Waals surface area contributed by atoms with Crippen LogP contribution < -0.4 is 4.90 Å². The number of amides is 1. The summed E-state index contributed by atoms with van der Waals surface area (Å²) in [6, 6.07) is 13.6. The summed E-state index contributed by atoms with van der Waals surface area (Å²) in [5.74, 6) is -1.43. The summed E-state index contributed by atoms with van der Waals surface area (Å²) in [4.78, 5) is 25.2. The minimum absolute atomic E-state index is 0.0583. The standard InChI is InChI=1S/C34H30F2N8O2/c1-34(2,3)46-33(45)43-18-21-13-22(43)17-42(21)20-14-25(35)30(26(36)15-20)28-9-12-38-32-29(23-5-4-6-27-24(23)16-39-40-27)31(41-44(28)32)19-7-10-37-11-8-19/h4-12,14-16,21-22H,13,17-18H2,1-3H3,(H,39,40). The molecule has 2 atom stereocenters. The van der Waals surface area contributed by atoms with Crippen molar-refractivity contribution in [1.29, 1.82) is 0 Å². The number of likely N-dealkylation sites (tertiary alicyclic amines) is 1. The summed E-state index contributed by atoms with van der Waals surface area (Å²) < 4.78 is 39.3. The third kappa shape index (κ3) is 4.55. The lowest BCUT2D eigenvalue weighted by Gasteiger charge is -2.36. The maximum absolute atomic E-state index is 16.1. The van der Waals surface area contributed by atoms with E-state index < -0.39 is 17.2 Å². The molecule has 2 aromatic carbocycles. The number of halogens is 2. The number of hydrogen-bond acceptors (Lipinski definition) is 7. The number of fused-ring (bicyclic) bond motifs is 4. The number of H-pyrrole nitrogens is 1. The number of aromatic nitrogens is 6. The van der Waals surface area contributed by atoms with Crippen molar-refractivity contribution in [1.82, 2.24) is 34.7 Å². The van der Waals surface area contributed by atoms with E-state index in [1.165, 1.54) is 16.6 Å². The molecule has 1 amide bonds. The van der Waals surface area contributed by atoms with Crippen molar-refractivity contribution in [2.24, 2.45) is 0 Å². The summed E-state index contributed by atoms with van der Waals surface area (Å²) in [5, 5.41) is 13.0. The number of nitrogens with zero attached hydrogens (tertiary/aromatic N) is 7. The van der Waals surface area contributed by atoms with Crippen LogP contribution in [-0.2, 0) is 4.74 Å². The van der Waals surface area contributed by atoms with Gasteiger partial charge in [0.1, 0.15) is 22.9 Å². The Labute approximate surface area is 262 Å². The highest BCUT2D eigenvalue weighted by Crippen LogP contribution is 2.41. The molecular weight excluding hydrogens is 590 g/mol. The zero-order valence-corrected chi connectivity index (χ0v) is 25.4. The molecule has 1 N–H and O–H groups in total. The molecule has 10 nitrogen and oxygen atoms in total. The Bertz CT molecular complexity index is 2120.